The molecule has 0 saturated carbocycles. The van der Waals surface area contributed by atoms with Gasteiger partial charge < -0.3 is 21.5 Å². The Balaban J connectivity index is 2.79. The van der Waals surface area contributed by atoms with E-state index in [2.05, 4.69) is 10.6 Å². The molecule has 98 valence electrons. The minimum atomic E-state index is -1.23. The predicted molar refractivity (Wildman–Crippen MR) is 64.9 cm³/mol. The van der Waals surface area contributed by atoms with Crippen LogP contribution in [0.25, 0.3) is 0 Å². The van der Waals surface area contributed by atoms with E-state index in [1.54, 1.807) is 0 Å². The molecule has 0 spiro atoms. The van der Waals surface area contributed by atoms with Crippen LogP contribution >= 0.6 is 0 Å². The summed E-state index contributed by atoms with van der Waals surface area (Å²) < 4.78 is 13.5. The summed E-state index contributed by atoms with van der Waals surface area (Å²) in [6.45, 7) is 0.194. The lowest BCUT2D eigenvalue weighted by Gasteiger charge is -2.09. The third-order valence-electron chi connectivity index (χ3n) is 2.32. The van der Waals surface area contributed by atoms with Crippen molar-refractivity contribution in [1.82, 2.24) is 5.32 Å². The monoisotopic (exact) mass is 255 g/mol. The standard InChI is InChI=1S/C11H14FN3O3/c1-14-10(16)2-3-15-9-4-6(11(17)18)8(13)5-7(9)12/h4-5,15H,2-3,13H2,1H3,(H,14,16)(H,17,18). The topological polar surface area (TPSA) is 104 Å². The van der Waals surface area contributed by atoms with Gasteiger partial charge in [-0.2, -0.15) is 0 Å². The summed E-state index contributed by atoms with van der Waals surface area (Å²) in [6, 6.07) is 2.04. The van der Waals surface area contributed by atoms with Gasteiger partial charge in [-0.15, -0.1) is 0 Å². The summed E-state index contributed by atoms with van der Waals surface area (Å²) in [5.74, 6) is -2.09. The molecule has 1 aromatic rings. The number of halogens is 1. The number of carboxylic acid groups (broad SMARTS) is 1. The Hall–Kier alpha value is -2.31. The lowest BCUT2D eigenvalue weighted by molar-refractivity contribution is -0.120. The van der Waals surface area contributed by atoms with Crippen LogP contribution in [0.1, 0.15) is 16.8 Å². The smallest absolute Gasteiger partial charge is 0.337 e. The highest BCUT2D eigenvalue weighted by Crippen LogP contribution is 2.22. The summed E-state index contributed by atoms with van der Waals surface area (Å²) in [5.41, 5.74) is 5.06. The first-order valence-electron chi connectivity index (χ1n) is 5.22. The predicted octanol–water partition coefficient (Wildman–Crippen LogP) is 0.654. The Morgan fingerprint density at radius 2 is 2.11 bits per heavy atom. The van der Waals surface area contributed by atoms with Crippen LogP contribution in [-0.2, 0) is 4.79 Å². The number of benzene rings is 1. The third kappa shape index (κ3) is 3.34. The van der Waals surface area contributed by atoms with Gasteiger partial charge in [-0.05, 0) is 12.1 Å². The van der Waals surface area contributed by atoms with Crippen molar-refractivity contribution < 1.29 is 19.1 Å². The highest BCUT2D eigenvalue weighted by molar-refractivity contribution is 5.94. The number of rotatable bonds is 5. The quantitative estimate of drug-likeness (QED) is 0.578. The Bertz CT molecular complexity index is 477. The van der Waals surface area contributed by atoms with Gasteiger partial charge in [-0.1, -0.05) is 0 Å². The van der Waals surface area contributed by atoms with E-state index in [1.807, 2.05) is 0 Å². The number of carbonyl (C=O) groups excluding carboxylic acids is 1. The maximum absolute atomic E-state index is 13.5. The Morgan fingerprint density at radius 1 is 1.44 bits per heavy atom. The van der Waals surface area contributed by atoms with Crippen LogP contribution in [0.15, 0.2) is 12.1 Å². The molecular weight excluding hydrogens is 241 g/mol. The number of aromatic carboxylic acids is 1. The maximum Gasteiger partial charge on any atom is 0.337 e. The van der Waals surface area contributed by atoms with Crippen molar-refractivity contribution in [3.63, 3.8) is 0 Å². The van der Waals surface area contributed by atoms with Crippen LogP contribution in [0.4, 0.5) is 15.8 Å². The minimum absolute atomic E-state index is 0.00510. The molecule has 5 N–H and O–H groups in total. The zero-order valence-corrected chi connectivity index (χ0v) is 9.79. The molecule has 0 aromatic heterocycles. The number of carbonyl (C=O) groups is 2. The summed E-state index contributed by atoms with van der Waals surface area (Å²) >= 11 is 0. The molecule has 0 unspecified atom stereocenters. The fourth-order valence-corrected chi connectivity index (χ4v) is 1.35. The SMILES string of the molecule is CNC(=O)CCNc1cc(C(=O)O)c(N)cc1F. The number of hydrogen-bond donors (Lipinski definition) is 4. The summed E-state index contributed by atoms with van der Waals surface area (Å²) in [6.07, 6.45) is 0.155. The van der Waals surface area contributed by atoms with E-state index in [0.717, 1.165) is 12.1 Å². The lowest BCUT2D eigenvalue weighted by atomic mass is 10.1. The molecule has 1 aromatic carbocycles. The van der Waals surface area contributed by atoms with E-state index in [1.165, 1.54) is 7.05 Å². The molecule has 0 aliphatic rings. The molecular formula is C11H14FN3O3. The Morgan fingerprint density at radius 3 is 2.67 bits per heavy atom. The van der Waals surface area contributed by atoms with E-state index in [-0.39, 0.29) is 35.8 Å². The van der Waals surface area contributed by atoms with Gasteiger partial charge in [0.15, 0.2) is 0 Å². The molecule has 0 radical (unpaired) electrons. The second kappa shape index (κ2) is 5.85. The average molecular weight is 255 g/mol. The van der Waals surface area contributed by atoms with E-state index in [0.29, 0.717) is 0 Å². The lowest BCUT2D eigenvalue weighted by Crippen LogP contribution is -2.21. The van der Waals surface area contributed by atoms with Gasteiger partial charge in [-0.3, -0.25) is 4.79 Å². The second-order valence-electron chi connectivity index (χ2n) is 3.57. The van der Waals surface area contributed by atoms with Crippen LogP contribution in [0, 0.1) is 5.82 Å². The summed E-state index contributed by atoms with van der Waals surface area (Å²) in [5, 5.41) is 13.9. The second-order valence-corrected chi connectivity index (χ2v) is 3.57. The number of nitrogens with one attached hydrogen (secondary N) is 2. The molecule has 0 aliphatic carbocycles. The van der Waals surface area contributed by atoms with Gasteiger partial charge in [0.25, 0.3) is 0 Å². The Labute approximate surface area is 103 Å². The van der Waals surface area contributed by atoms with Crippen molar-refractivity contribution in [3.05, 3.63) is 23.5 Å². The van der Waals surface area contributed by atoms with Gasteiger partial charge in [-0.25, -0.2) is 9.18 Å². The van der Waals surface area contributed by atoms with Gasteiger partial charge in [0.1, 0.15) is 5.82 Å². The van der Waals surface area contributed by atoms with Gasteiger partial charge in [0.2, 0.25) is 5.91 Å². The van der Waals surface area contributed by atoms with Crippen molar-refractivity contribution in [2.75, 3.05) is 24.6 Å². The number of nitrogens with two attached hydrogens (primary N) is 1. The molecule has 0 bridgehead atoms. The highest BCUT2D eigenvalue weighted by atomic mass is 19.1. The van der Waals surface area contributed by atoms with E-state index < -0.39 is 11.8 Å². The van der Waals surface area contributed by atoms with Gasteiger partial charge in [0, 0.05) is 25.7 Å². The van der Waals surface area contributed by atoms with Crippen molar-refractivity contribution in [1.29, 1.82) is 0 Å². The van der Waals surface area contributed by atoms with Crippen molar-refractivity contribution in [2.45, 2.75) is 6.42 Å². The summed E-state index contributed by atoms with van der Waals surface area (Å²) in [4.78, 5) is 21.8. The van der Waals surface area contributed by atoms with Crippen LogP contribution in [-0.4, -0.2) is 30.6 Å². The fraction of sp³-hybridized carbons (Fsp3) is 0.273. The minimum Gasteiger partial charge on any atom is -0.478 e. The third-order valence-corrected chi connectivity index (χ3v) is 2.32. The average Bonchev–Trinajstić information content (AvgIpc) is 2.31. The first-order chi connectivity index (χ1) is 8.45. The zero-order valence-electron chi connectivity index (χ0n) is 9.79. The van der Waals surface area contributed by atoms with Crippen LogP contribution in [0.5, 0.6) is 0 Å². The zero-order chi connectivity index (χ0) is 13.7. The highest BCUT2D eigenvalue weighted by Gasteiger charge is 2.13. The van der Waals surface area contributed by atoms with Crippen LogP contribution < -0.4 is 16.4 Å². The number of carboxylic acids is 1. The first-order valence-corrected chi connectivity index (χ1v) is 5.22. The van der Waals surface area contributed by atoms with E-state index >= 15 is 0 Å². The molecule has 0 saturated heterocycles. The largest absolute Gasteiger partial charge is 0.478 e. The van der Waals surface area contributed by atoms with Crippen LogP contribution in [0.2, 0.25) is 0 Å². The molecule has 0 atom stereocenters. The molecule has 0 aliphatic heterocycles. The summed E-state index contributed by atoms with van der Waals surface area (Å²) in [7, 11) is 1.49. The van der Waals surface area contributed by atoms with E-state index in [9.17, 15) is 14.0 Å². The number of nitrogen functional groups attached to an aromatic ring is 1. The molecule has 7 heteroatoms. The Kier molecular flexibility index (Phi) is 4.47. The van der Waals surface area contributed by atoms with Crippen LogP contribution in [0.3, 0.4) is 0 Å². The van der Waals surface area contributed by atoms with Crippen molar-refractivity contribution >= 4 is 23.3 Å². The normalized spacial score (nSPS) is 9.89. The molecule has 1 rings (SSSR count). The first kappa shape index (κ1) is 13.8. The van der Waals surface area contributed by atoms with Gasteiger partial charge in [0.05, 0.1) is 11.3 Å². The molecule has 1 amide bonds. The van der Waals surface area contributed by atoms with Gasteiger partial charge >= 0.3 is 5.97 Å². The number of anilines is 2. The van der Waals surface area contributed by atoms with Crippen molar-refractivity contribution in [2.24, 2.45) is 0 Å². The number of amides is 1. The molecule has 18 heavy (non-hydrogen) atoms. The molecule has 6 nitrogen and oxygen atoms in total. The maximum atomic E-state index is 13.5. The van der Waals surface area contributed by atoms with Crippen molar-refractivity contribution in [3.8, 4) is 0 Å². The van der Waals surface area contributed by atoms with E-state index in [4.69, 9.17) is 10.8 Å². The molecule has 0 fully saturated rings. The fourth-order valence-electron chi connectivity index (χ4n) is 1.35. The number of hydrogen-bond acceptors (Lipinski definition) is 4. The molecule has 0 heterocycles.